The molecule has 98 valence electrons. The molecule has 6 heteroatoms. The van der Waals surface area contributed by atoms with Crippen molar-refractivity contribution < 1.29 is 9.90 Å². The molecule has 0 fully saturated rings. The molecule has 19 heavy (non-hydrogen) atoms. The largest absolute Gasteiger partial charge is 0.478 e. The Bertz CT molecular complexity index is 604. The number of hydrogen-bond acceptors (Lipinski definition) is 3. The Morgan fingerprint density at radius 3 is 2.68 bits per heavy atom. The molecule has 0 unspecified atom stereocenters. The molecule has 0 amide bonds. The van der Waals surface area contributed by atoms with E-state index in [0.29, 0.717) is 20.3 Å². The Balaban J connectivity index is 2.15. The summed E-state index contributed by atoms with van der Waals surface area (Å²) in [6, 6.07) is 9.00. The highest BCUT2D eigenvalue weighted by atomic mass is 79.9. The number of rotatable bonds is 4. The van der Waals surface area contributed by atoms with E-state index in [9.17, 15) is 4.79 Å². The monoisotopic (exact) mass is 357 g/mol. The van der Waals surface area contributed by atoms with Gasteiger partial charge in [0.05, 0.1) is 5.56 Å². The van der Waals surface area contributed by atoms with Crippen LogP contribution in [0.5, 0.6) is 0 Å². The van der Waals surface area contributed by atoms with Crippen molar-refractivity contribution in [2.75, 3.05) is 0 Å². The molecule has 3 nitrogen and oxygen atoms in total. The van der Waals surface area contributed by atoms with Crippen molar-refractivity contribution in [2.45, 2.75) is 10.8 Å². The Labute approximate surface area is 128 Å². The van der Waals surface area contributed by atoms with E-state index in [1.807, 2.05) is 24.3 Å². The summed E-state index contributed by atoms with van der Waals surface area (Å²) in [6.07, 6.45) is 1.59. The number of carboxylic acids is 1. The van der Waals surface area contributed by atoms with E-state index in [1.54, 1.807) is 12.3 Å². The van der Waals surface area contributed by atoms with Crippen molar-refractivity contribution in [3.63, 3.8) is 0 Å². The summed E-state index contributed by atoms with van der Waals surface area (Å²) >= 11 is 10.4. The first-order chi connectivity index (χ1) is 9.06. The molecule has 0 aliphatic carbocycles. The normalized spacial score (nSPS) is 10.4. The Morgan fingerprint density at radius 1 is 1.37 bits per heavy atom. The molecule has 0 aliphatic rings. The lowest BCUT2D eigenvalue weighted by atomic mass is 10.2. The van der Waals surface area contributed by atoms with Crippen LogP contribution in [0.2, 0.25) is 5.02 Å². The highest BCUT2D eigenvalue weighted by molar-refractivity contribution is 9.10. The third-order valence-electron chi connectivity index (χ3n) is 2.34. The summed E-state index contributed by atoms with van der Waals surface area (Å²) in [5.74, 6) is -0.334. The van der Waals surface area contributed by atoms with Crippen LogP contribution < -0.4 is 0 Å². The number of nitrogens with zero attached hydrogens (tertiary/aromatic N) is 1. The smallest absolute Gasteiger partial charge is 0.338 e. The molecule has 1 heterocycles. The van der Waals surface area contributed by atoms with E-state index in [2.05, 4.69) is 20.9 Å². The molecule has 1 N–H and O–H groups in total. The van der Waals surface area contributed by atoms with Crippen molar-refractivity contribution in [3.05, 3.63) is 57.2 Å². The lowest BCUT2D eigenvalue weighted by Crippen LogP contribution is -2.01. The Morgan fingerprint density at radius 2 is 2.05 bits per heavy atom. The molecule has 2 aromatic rings. The van der Waals surface area contributed by atoms with Gasteiger partial charge in [0, 0.05) is 21.4 Å². The average molecular weight is 359 g/mol. The summed E-state index contributed by atoms with van der Waals surface area (Å²) in [5, 5.41) is 10.3. The number of pyridine rings is 1. The second kappa shape index (κ2) is 6.41. The van der Waals surface area contributed by atoms with Crippen LogP contribution in [-0.2, 0) is 5.75 Å². The molecule has 0 atom stereocenters. The average Bonchev–Trinajstić information content (AvgIpc) is 2.39. The quantitative estimate of drug-likeness (QED) is 0.818. The summed E-state index contributed by atoms with van der Waals surface area (Å²) in [6.45, 7) is 0. The fraction of sp³-hybridized carbons (Fsp3) is 0.0769. The van der Waals surface area contributed by atoms with Crippen LogP contribution in [0.15, 0.2) is 46.0 Å². The summed E-state index contributed by atoms with van der Waals surface area (Å²) in [4.78, 5) is 15.3. The van der Waals surface area contributed by atoms with Crippen LogP contribution in [0, 0.1) is 0 Å². The first-order valence-corrected chi connectivity index (χ1v) is 7.48. The first-order valence-electron chi connectivity index (χ1n) is 5.32. The zero-order valence-electron chi connectivity index (χ0n) is 9.64. The summed E-state index contributed by atoms with van der Waals surface area (Å²) in [7, 11) is 0. The maximum Gasteiger partial charge on any atom is 0.338 e. The molecule has 0 bridgehead atoms. The number of aromatic carboxylic acids is 1. The topological polar surface area (TPSA) is 50.2 Å². The molecular formula is C13H9BrClNO2S. The SMILES string of the molecule is O=C(O)c1cc(Br)cnc1SCc1ccc(Cl)cc1. The third-order valence-corrected chi connectivity index (χ3v) is 4.10. The Kier molecular flexibility index (Phi) is 4.85. The lowest BCUT2D eigenvalue weighted by molar-refractivity contribution is 0.0692. The van der Waals surface area contributed by atoms with E-state index < -0.39 is 5.97 Å². The van der Waals surface area contributed by atoms with Gasteiger partial charge in [0.25, 0.3) is 0 Å². The van der Waals surface area contributed by atoms with Gasteiger partial charge in [-0.25, -0.2) is 9.78 Å². The van der Waals surface area contributed by atoms with Crippen LogP contribution in [0.3, 0.4) is 0 Å². The summed E-state index contributed by atoms with van der Waals surface area (Å²) < 4.78 is 0.653. The van der Waals surface area contributed by atoms with Crippen LogP contribution in [0.1, 0.15) is 15.9 Å². The second-order valence-electron chi connectivity index (χ2n) is 3.73. The van der Waals surface area contributed by atoms with Crippen molar-refractivity contribution >= 4 is 45.3 Å². The van der Waals surface area contributed by atoms with E-state index in [-0.39, 0.29) is 5.56 Å². The molecule has 0 radical (unpaired) electrons. The number of aromatic nitrogens is 1. The predicted octanol–water partition coefficient (Wildman–Crippen LogP) is 4.49. The fourth-order valence-electron chi connectivity index (χ4n) is 1.43. The van der Waals surface area contributed by atoms with Gasteiger partial charge in [-0.2, -0.15) is 0 Å². The first kappa shape index (κ1) is 14.4. The van der Waals surface area contributed by atoms with Gasteiger partial charge in [-0.15, -0.1) is 11.8 Å². The van der Waals surface area contributed by atoms with Gasteiger partial charge in [-0.3, -0.25) is 0 Å². The number of benzene rings is 1. The maximum atomic E-state index is 11.1. The standard InChI is InChI=1S/C13H9BrClNO2S/c14-9-5-11(13(17)18)12(16-6-9)19-7-8-1-3-10(15)4-2-8/h1-6H,7H2,(H,17,18). The van der Waals surface area contributed by atoms with Gasteiger partial charge in [-0.1, -0.05) is 23.7 Å². The molecule has 0 saturated carbocycles. The lowest BCUT2D eigenvalue weighted by Gasteiger charge is -2.05. The number of thioether (sulfide) groups is 1. The van der Waals surface area contributed by atoms with Crippen LogP contribution >= 0.6 is 39.3 Å². The number of carboxylic acid groups (broad SMARTS) is 1. The van der Waals surface area contributed by atoms with Crippen LogP contribution in [0.25, 0.3) is 0 Å². The van der Waals surface area contributed by atoms with E-state index in [4.69, 9.17) is 16.7 Å². The van der Waals surface area contributed by atoms with Gasteiger partial charge in [0.2, 0.25) is 0 Å². The van der Waals surface area contributed by atoms with E-state index >= 15 is 0 Å². The van der Waals surface area contributed by atoms with Crippen molar-refractivity contribution in [1.82, 2.24) is 4.98 Å². The van der Waals surface area contributed by atoms with Gasteiger partial charge in [-0.05, 0) is 39.7 Å². The predicted molar refractivity (Wildman–Crippen MR) is 79.9 cm³/mol. The zero-order valence-corrected chi connectivity index (χ0v) is 12.8. The van der Waals surface area contributed by atoms with Gasteiger partial charge >= 0.3 is 5.97 Å². The van der Waals surface area contributed by atoms with E-state index in [1.165, 1.54) is 11.8 Å². The van der Waals surface area contributed by atoms with Crippen molar-refractivity contribution in [3.8, 4) is 0 Å². The molecule has 1 aromatic carbocycles. The zero-order chi connectivity index (χ0) is 13.8. The van der Waals surface area contributed by atoms with Crippen molar-refractivity contribution in [1.29, 1.82) is 0 Å². The highest BCUT2D eigenvalue weighted by Crippen LogP contribution is 2.26. The Hall–Kier alpha value is -1.04. The minimum Gasteiger partial charge on any atom is -0.478 e. The number of hydrogen-bond donors (Lipinski definition) is 1. The molecule has 1 aromatic heterocycles. The fourth-order valence-corrected chi connectivity index (χ4v) is 2.81. The number of carbonyl (C=O) groups is 1. The number of halogens is 2. The van der Waals surface area contributed by atoms with E-state index in [0.717, 1.165) is 5.56 Å². The highest BCUT2D eigenvalue weighted by Gasteiger charge is 2.12. The van der Waals surface area contributed by atoms with Gasteiger partial charge < -0.3 is 5.11 Å². The minimum absolute atomic E-state index is 0.202. The van der Waals surface area contributed by atoms with Gasteiger partial charge in [0.1, 0.15) is 5.03 Å². The summed E-state index contributed by atoms with van der Waals surface area (Å²) in [5.41, 5.74) is 1.27. The molecule has 0 spiro atoms. The molecule has 2 rings (SSSR count). The van der Waals surface area contributed by atoms with Crippen LogP contribution in [0.4, 0.5) is 0 Å². The van der Waals surface area contributed by atoms with Gasteiger partial charge in [0.15, 0.2) is 0 Å². The molecule has 0 saturated heterocycles. The van der Waals surface area contributed by atoms with Crippen molar-refractivity contribution in [2.24, 2.45) is 0 Å². The van der Waals surface area contributed by atoms with Crippen LogP contribution in [-0.4, -0.2) is 16.1 Å². The second-order valence-corrected chi connectivity index (χ2v) is 6.04. The minimum atomic E-state index is -0.979. The molecule has 0 aliphatic heterocycles. The third kappa shape index (κ3) is 3.96. The molecular weight excluding hydrogens is 350 g/mol. The maximum absolute atomic E-state index is 11.1.